The number of hydrogen-bond donors (Lipinski definition) is 4. The fourth-order valence-electron chi connectivity index (χ4n) is 1.25. The van der Waals surface area contributed by atoms with Crippen LogP contribution in [0.15, 0.2) is 0 Å². The fourth-order valence-corrected chi connectivity index (χ4v) is 1.25. The first-order chi connectivity index (χ1) is 6.72. The molecule has 6 N–H and O–H groups in total. The Hall–Kier alpha value is -0.200. The van der Waals surface area contributed by atoms with E-state index in [1.54, 1.807) is 0 Å². The summed E-state index contributed by atoms with van der Waals surface area (Å²) in [4.78, 5) is 2.15. The number of rotatable bonds is 9. The summed E-state index contributed by atoms with van der Waals surface area (Å²) in [6.45, 7) is 4.19. The van der Waals surface area contributed by atoms with Gasteiger partial charge in [-0.1, -0.05) is 0 Å². The van der Waals surface area contributed by atoms with Crippen LogP contribution >= 0.6 is 0 Å². The van der Waals surface area contributed by atoms with Gasteiger partial charge in [0.05, 0.1) is 6.17 Å². The molecular weight excluding hydrogens is 178 g/mol. The second-order valence-corrected chi connectivity index (χ2v) is 3.55. The Morgan fingerprint density at radius 2 is 1.79 bits per heavy atom. The van der Waals surface area contributed by atoms with Crippen molar-refractivity contribution in [2.75, 3.05) is 46.8 Å². The first-order valence-corrected chi connectivity index (χ1v) is 5.23. The molecule has 5 heteroatoms. The van der Waals surface area contributed by atoms with E-state index in [1.807, 2.05) is 0 Å². The van der Waals surface area contributed by atoms with E-state index < -0.39 is 0 Å². The van der Waals surface area contributed by atoms with Crippen molar-refractivity contribution in [3.05, 3.63) is 0 Å². The highest BCUT2D eigenvalue weighted by molar-refractivity contribution is 4.65. The van der Waals surface area contributed by atoms with Gasteiger partial charge in [0.1, 0.15) is 0 Å². The molecule has 0 aliphatic rings. The first-order valence-electron chi connectivity index (χ1n) is 5.23. The van der Waals surface area contributed by atoms with Crippen LogP contribution in [-0.4, -0.2) is 57.9 Å². The maximum Gasteiger partial charge on any atom is 0.0604 e. The predicted octanol–water partition coefficient (Wildman–Crippen LogP) is -1.64. The van der Waals surface area contributed by atoms with Gasteiger partial charge in [0.15, 0.2) is 0 Å². The van der Waals surface area contributed by atoms with Gasteiger partial charge in [-0.05, 0) is 27.1 Å². The van der Waals surface area contributed by atoms with Crippen LogP contribution in [0.25, 0.3) is 0 Å². The SMILES string of the molecule is CN(C)C(CCN)NCCNCCN. The highest BCUT2D eigenvalue weighted by Gasteiger charge is 2.07. The van der Waals surface area contributed by atoms with Crippen molar-refractivity contribution in [3.63, 3.8) is 0 Å². The van der Waals surface area contributed by atoms with Crippen molar-refractivity contribution in [1.82, 2.24) is 15.5 Å². The topological polar surface area (TPSA) is 79.3 Å². The summed E-state index contributed by atoms with van der Waals surface area (Å²) >= 11 is 0. The molecule has 5 nitrogen and oxygen atoms in total. The largest absolute Gasteiger partial charge is 0.330 e. The highest BCUT2D eigenvalue weighted by atomic mass is 15.2. The lowest BCUT2D eigenvalue weighted by molar-refractivity contribution is 0.236. The monoisotopic (exact) mass is 203 g/mol. The molecule has 0 radical (unpaired) electrons. The van der Waals surface area contributed by atoms with Crippen LogP contribution in [0.5, 0.6) is 0 Å². The quantitative estimate of drug-likeness (QED) is 0.267. The Labute approximate surface area is 87.2 Å². The molecule has 14 heavy (non-hydrogen) atoms. The molecule has 0 rings (SSSR count). The number of nitrogens with one attached hydrogen (secondary N) is 2. The molecule has 0 aliphatic heterocycles. The minimum atomic E-state index is 0.375. The van der Waals surface area contributed by atoms with Gasteiger partial charge in [-0.3, -0.25) is 4.90 Å². The van der Waals surface area contributed by atoms with Gasteiger partial charge < -0.3 is 22.1 Å². The van der Waals surface area contributed by atoms with Crippen molar-refractivity contribution in [2.45, 2.75) is 12.6 Å². The minimum Gasteiger partial charge on any atom is -0.330 e. The smallest absolute Gasteiger partial charge is 0.0604 e. The van der Waals surface area contributed by atoms with Crippen molar-refractivity contribution in [1.29, 1.82) is 0 Å². The van der Waals surface area contributed by atoms with Crippen LogP contribution in [0.2, 0.25) is 0 Å². The average molecular weight is 203 g/mol. The van der Waals surface area contributed by atoms with Crippen molar-refractivity contribution >= 4 is 0 Å². The van der Waals surface area contributed by atoms with Gasteiger partial charge >= 0.3 is 0 Å². The van der Waals surface area contributed by atoms with Crippen LogP contribution in [-0.2, 0) is 0 Å². The Morgan fingerprint density at radius 1 is 1.07 bits per heavy atom. The third-order valence-corrected chi connectivity index (χ3v) is 2.07. The summed E-state index contributed by atoms with van der Waals surface area (Å²) < 4.78 is 0. The zero-order chi connectivity index (χ0) is 10.8. The number of nitrogens with two attached hydrogens (primary N) is 2. The molecule has 0 saturated heterocycles. The third-order valence-electron chi connectivity index (χ3n) is 2.07. The van der Waals surface area contributed by atoms with E-state index in [0.717, 1.165) is 26.1 Å². The van der Waals surface area contributed by atoms with Crippen LogP contribution in [0.1, 0.15) is 6.42 Å². The summed E-state index contributed by atoms with van der Waals surface area (Å²) in [6, 6.07) is 0. The second kappa shape index (κ2) is 9.36. The van der Waals surface area contributed by atoms with E-state index in [9.17, 15) is 0 Å². The van der Waals surface area contributed by atoms with Crippen LogP contribution in [0, 0.1) is 0 Å². The Bertz CT molecular complexity index is 118. The molecule has 0 aromatic carbocycles. The lowest BCUT2D eigenvalue weighted by Gasteiger charge is -2.25. The standard InChI is InChI=1S/C9H25N5/c1-14(2)9(3-4-10)13-8-7-12-6-5-11/h9,12-13H,3-8,10-11H2,1-2H3. The van der Waals surface area contributed by atoms with Crippen LogP contribution in [0.3, 0.4) is 0 Å². The van der Waals surface area contributed by atoms with Gasteiger partial charge in [0, 0.05) is 26.2 Å². The molecule has 86 valence electrons. The molecule has 0 spiro atoms. The molecule has 0 amide bonds. The van der Waals surface area contributed by atoms with Crippen LogP contribution < -0.4 is 22.1 Å². The summed E-state index contributed by atoms with van der Waals surface area (Å²) in [5.41, 5.74) is 10.9. The zero-order valence-electron chi connectivity index (χ0n) is 9.42. The molecule has 1 unspecified atom stereocenters. The third kappa shape index (κ3) is 7.23. The second-order valence-electron chi connectivity index (χ2n) is 3.55. The number of hydrogen-bond acceptors (Lipinski definition) is 5. The van der Waals surface area contributed by atoms with E-state index in [2.05, 4.69) is 29.6 Å². The van der Waals surface area contributed by atoms with Gasteiger partial charge in [0.2, 0.25) is 0 Å². The van der Waals surface area contributed by atoms with E-state index in [4.69, 9.17) is 11.5 Å². The Morgan fingerprint density at radius 3 is 2.29 bits per heavy atom. The molecule has 0 saturated carbocycles. The normalized spacial score (nSPS) is 13.5. The fraction of sp³-hybridized carbons (Fsp3) is 1.00. The molecule has 0 fully saturated rings. The highest BCUT2D eigenvalue weighted by Crippen LogP contribution is 1.92. The molecular formula is C9H25N5. The van der Waals surface area contributed by atoms with E-state index in [1.165, 1.54) is 0 Å². The Balaban J connectivity index is 3.41. The maximum absolute atomic E-state index is 5.52. The first kappa shape index (κ1) is 13.8. The lowest BCUT2D eigenvalue weighted by atomic mass is 10.3. The van der Waals surface area contributed by atoms with Crippen molar-refractivity contribution in [3.8, 4) is 0 Å². The summed E-state index contributed by atoms with van der Waals surface area (Å²) in [5, 5.41) is 6.66. The molecule has 0 aliphatic carbocycles. The van der Waals surface area contributed by atoms with E-state index in [-0.39, 0.29) is 0 Å². The minimum absolute atomic E-state index is 0.375. The molecule has 0 aromatic heterocycles. The maximum atomic E-state index is 5.52. The summed E-state index contributed by atoms with van der Waals surface area (Å²) in [6.07, 6.45) is 1.35. The van der Waals surface area contributed by atoms with Crippen molar-refractivity contribution in [2.24, 2.45) is 11.5 Å². The number of nitrogens with zero attached hydrogens (tertiary/aromatic N) is 1. The summed E-state index contributed by atoms with van der Waals surface area (Å²) in [5.74, 6) is 0. The Kier molecular flexibility index (Phi) is 9.23. The molecule has 1 atom stereocenters. The molecule has 0 bridgehead atoms. The van der Waals surface area contributed by atoms with Gasteiger partial charge in [-0.15, -0.1) is 0 Å². The zero-order valence-corrected chi connectivity index (χ0v) is 9.42. The van der Waals surface area contributed by atoms with Crippen LogP contribution in [0.4, 0.5) is 0 Å². The predicted molar refractivity (Wildman–Crippen MR) is 61.1 cm³/mol. The lowest BCUT2D eigenvalue weighted by Crippen LogP contribution is -2.45. The van der Waals surface area contributed by atoms with E-state index >= 15 is 0 Å². The molecule has 0 heterocycles. The van der Waals surface area contributed by atoms with Gasteiger partial charge in [-0.25, -0.2) is 0 Å². The van der Waals surface area contributed by atoms with Crippen molar-refractivity contribution < 1.29 is 0 Å². The van der Waals surface area contributed by atoms with E-state index in [0.29, 0.717) is 19.3 Å². The molecule has 0 aromatic rings. The summed E-state index contributed by atoms with van der Waals surface area (Å²) in [7, 11) is 4.11. The van der Waals surface area contributed by atoms with Gasteiger partial charge in [-0.2, -0.15) is 0 Å². The van der Waals surface area contributed by atoms with Gasteiger partial charge in [0.25, 0.3) is 0 Å². The average Bonchev–Trinajstić information content (AvgIpc) is 2.15.